The van der Waals surface area contributed by atoms with Gasteiger partial charge in [-0.05, 0) is 42.8 Å². The molecule has 1 amide bonds. The third-order valence-corrected chi connectivity index (χ3v) is 4.83. The number of aliphatic hydroxyl groups excluding tert-OH is 1. The minimum absolute atomic E-state index is 0.134. The van der Waals surface area contributed by atoms with Gasteiger partial charge in [0.2, 0.25) is 0 Å². The molecule has 2 aromatic heterocycles. The number of rotatable bonds is 8. The standard InChI is InChI=1S/C21H25N3O5/c1-13(9-14(2)23-21(27)28)12-29-15-3-4-17-16-5-6-22-11-18(16)20(26)24(7-8-25)19(17)10-15/h3-6,10-11,13-14,23,25H,7-9,12H2,1-2H3,(H,27,28). The van der Waals surface area contributed by atoms with Crippen molar-refractivity contribution in [1.29, 1.82) is 0 Å². The van der Waals surface area contributed by atoms with E-state index >= 15 is 0 Å². The van der Waals surface area contributed by atoms with Crippen LogP contribution in [0.15, 0.2) is 41.5 Å². The Hall–Kier alpha value is -3.13. The number of benzene rings is 1. The summed E-state index contributed by atoms with van der Waals surface area (Å²) in [7, 11) is 0. The molecule has 2 heterocycles. The highest BCUT2D eigenvalue weighted by Crippen LogP contribution is 2.26. The van der Waals surface area contributed by atoms with Gasteiger partial charge >= 0.3 is 6.09 Å². The first-order chi connectivity index (χ1) is 13.9. The maximum Gasteiger partial charge on any atom is 0.404 e. The summed E-state index contributed by atoms with van der Waals surface area (Å²) in [6, 6.07) is 7.19. The molecular formula is C21H25N3O5. The number of aliphatic hydroxyl groups is 1. The molecule has 1 aromatic carbocycles. The zero-order valence-electron chi connectivity index (χ0n) is 16.5. The summed E-state index contributed by atoms with van der Waals surface area (Å²) in [5, 5.41) is 22.8. The van der Waals surface area contributed by atoms with Gasteiger partial charge in [-0.3, -0.25) is 9.78 Å². The van der Waals surface area contributed by atoms with Gasteiger partial charge in [-0.1, -0.05) is 6.92 Å². The van der Waals surface area contributed by atoms with Crippen molar-refractivity contribution in [1.82, 2.24) is 14.9 Å². The number of pyridine rings is 2. The van der Waals surface area contributed by atoms with Crippen LogP contribution in [0.1, 0.15) is 20.3 Å². The normalized spacial score (nSPS) is 13.3. The molecule has 3 aromatic rings. The second kappa shape index (κ2) is 8.91. The molecule has 2 atom stereocenters. The Bertz CT molecular complexity index is 1080. The van der Waals surface area contributed by atoms with Crippen molar-refractivity contribution < 1.29 is 19.7 Å². The molecule has 0 bridgehead atoms. The summed E-state index contributed by atoms with van der Waals surface area (Å²) in [6.45, 7) is 4.24. The molecular weight excluding hydrogens is 374 g/mol. The van der Waals surface area contributed by atoms with Gasteiger partial charge < -0.3 is 24.8 Å². The lowest BCUT2D eigenvalue weighted by atomic mass is 10.0. The molecule has 29 heavy (non-hydrogen) atoms. The van der Waals surface area contributed by atoms with Gasteiger partial charge in [0.1, 0.15) is 5.75 Å². The van der Waals surface area contributed by atoms with Crippen LogP contribution in [0, 0.1) is 5.92 Å². The number of hydrogen-bond donors (Lipinski definition) is 3. The van der Waals surface area contributed by atoms with Gasteiger partial charge in [-0.2, -0.15) is 0 Å². The lowest BCUT2D eigenvalue weighted by Crippen LogP contribution is -2.33. The van der Waals surface area contributed by atoms with Crippen molar-refractivity contribution in [2.45, 2.75) is 32.9 Å². The van der Waals surface area contributed by atoms with Gasteiger partial charge in [0.25, 0.3) is 5.56 Å². The fourth-order valence-electron chi connectivity index (χ4n) is 3.61. The average Bonchev–Trinajstić information content (AvgIpc) is 2.68. The topological polar surface area (TPSA) is 114 Å². The smallest absolute Gasteiger partial charge is 0.404 e. The fraction of sp³-hybridized carbons (Fsp3) is 0.381. The van der Waals surface area contributed by atoms with Crippen LogP contribution in [-0.2, 0) is 6.54 Å². The Kier molecular flexibility index (Phi) is 6.33. The Morgan fingerprint density at radius 2 is 2.03 bits per heavy atom. The lowest BCUT2D eigenvalue weighted by Gasteiger charge is -2.18. The number of carboxylic acid groups (broad SMARTS) is 1. The minimum atomic E-state index is -1.04. The molecule has 3 N–H and O–H groups in total. The molecule has 0 fully saturated rings. The van der Waals surface area contributed by atoms with Crippen LogP contribution in [0.4, 0.5) is 4.79 Å². The largest absolute Gasteiger partial charge is 0.493 e. The molecule has 3 rings (SSSR count). The van der Waals surface area contributed by atoms with E-state index in [-0.39, 0.29) is 30.7 Å². The Labute approximate surface area is 167 Å². The van der Waals surface area contributed by atoms with Crippen molar-refractivity contribution in [2.75, 3.05) is 13.2 Å². The number of aromatic nitrogens is 2. The second-order valence-electron chi connectivity index (χ2n) is 7.28. The number of ether oxygens (including phenoxy) is 1. The van der Waals surface area contributed by atoms with E-state index < -0.39 is 6.09 Å². The van der Waals surface area contributed by atoms with Crippen molar-refractivity contribution >= 4 is 27.8 Å². The number of carbonyl (C=O) groups is 1. The number of hydrogen-bond acceptors (Lipinski definition) is 5. The Morgan fingerprint density at radius 3 is 2.76 bits per heavy atom. The molecule has 154 valence electrons. The number of fused-ring (bicyclic) bond motifs is 3. The van der Waals surface area contributed by atoms with Crippen LogP contribution in [0.3, 0.4) is 0 Å². The quantitative estimate of drug-likeness (QED) is 0.502. The fourth-order valence-corrected chi connectivity index (χ4v) is 3.61. The van der Waals surface area contributed by atoms with Gasteiger partial charge in [-0.25, -0.2) is 4.79 Å². The molecule has 0 aliphatic rings. The van der Waals surface area contributed by atoms with Crippen LogP contribution in [0.2, 0.25) is 0 Å². The first kappa shape index (κ1) is 20.6. The highest BCUT2D eigenvalue weighted by molar-refractivity contribution is 6.05. The van der Waals surface area contributed by atoms with E-state index in [1.807, 2.05) is 32.0 Å². The van der Waals surface area contributed by atoms with Gasteiger partial charge in [-0.15, -0.1) is 0 Å². The highest BCUT2D eigenvalue weighted by atomic mass is 16.5. The first-order valence-electron chi connectivity index (χ1n) is 9.54. The predicted octanol–water partition coefficient (Wildman–Crippen LogP) is 2.60. The average molecular weight is 399 g/mol. The van der Waals surface area contributed by atoms with Gasteiger partial charge in [0.05, 0.1) is 24.1 Å². The van der Waals surface area contributed by atoms with E-state index in [4.69, 9.17) is 9.84 Å². The van der Waals surface area contributed by atoms with Crippen molar-refractivity contribution in [3.05, 3.63) is 47.0 Å². The maximum absolute atomic E-state index is 12.8. The van der Waals surface area contributed by atoms with Crippen molar-refractivity contribution in [3.8, 4) is 5.75 Å². The predicted molar refractivity (Wildman–Crippen MR) is 110 cm³/mol. The first-order valence-corrected chi connectivity index (χ1v) is 9.54. The molecule has 8 nitrogen and oxygen atoms in total. The maximum atomic E-state index is 12.8. The SMILES string of the molecule is CC(COc1ccc2c3ccncc3c(=O)n(CCO)c2c1)CC(C)NC(=O)O. The van der Waals surface area contributed by atoms with Crippen LogP contribution in [0.5, 0.6) is 5.75 Å². The van der Waals surface area contributed by atoms with Crippen LogP contribution >= 0.6 is 0 Å². The van der Waals surface area contributed by atoms with E-state index in [2.05, 4.69) is 10.3 Å². The third kappa shape index (κ3) is 4.65. The van der Waals surface area contributed by atoms with Crippen LogP contribution in [-0.4, -0.2) is 45.1 Å². The van der Waals surface area contributed by atoms with E-state index in [1.165, 1.54) is 4.57 Å². The molecule has 0 saturated heterocycles. The molecule has 0 saturated carbocycles. The monoisotopic (exact) mass is 399 g/mol. The highest BCUT2D eigenvalue weighted by Gasteiger charge is 2.14. The van der Waals surface area contributed by atoms with Crippen LogP contribution in [0.25, 0.3) is 21.7 Å². The van der Waals surface area contributed by atoms with E-state index in [9.17, 15) is 14.7 Å². The summed E-state index contributed by atoms with van der Waals surface area (Å²) in [6.07, 6.45) is 2.80. The summed E-state index contributed by atoms with van der Waals surface area (Å²) in [5.74, 6) is 0.748. The third-order valence-electron chi connectivity index (χ3n) is 4.83. The van der Waals surface area contributed by atoms with Gasteiger partial charge in [0, 0.05) is 36.4 Å². The number of nitrogens with one attached hydrogen (secondary N) is 1. The van der Waals surface area contributed by atoms with Crippen molar-refractivity contribution in [3.63, 3.8) is 0 Å². The van der Waals surface area contributed by atoms with E-state index in [0.717, 1.165) is 10.8 Å². The molecule has 0 aliphatic heterocycles. The molecule has 8 heteroatoms. The lowest BCUT2D eigenvalue weighted by molar-refractivity contribution is 0.185. The Balaban J connectivity index is 1.87. The van der Waals surface area contributed by atoms with E-state index in [0.29, 0.717) is 29.7 Å². The molecule has 0 aliphatic carbocycles. The summed E-state index contributed by atoms with van der Waals surface area (Å²) in [5.41, 5.74) is 0.488. The summed E-state index contributed by atoms with van der Waals surface area (Å²) in [4.78, 5) is 27.6. The zero-order chi connectivity index (χ0) is 21.0. The van der Waals surface area contributed by atoms with Crippen molar-refractivity contribution in [2.24, 2.45) is 5.92 Å². The van der Waals surface area contributed by atoms with Crippen LogP contribution < -0.4 is 15.6 Å². The second-order valence-corrected chi connectivity index (χ2v) is 7.28. The Morgan fingerprint density at radius 1 is 1.24 bits per heavy atom. The van der Waals surface area contributed by atoms with Gasteiger partial charge in [0.15, 0.2) is 0 Å². The minimum Gasteiger partial charge on any atom is -0.493 e. The molecule has 0 radical (unpaired) electrons. The summed E-state index contributed by atoms with van der Waals surface area (Å²) >= 11 is 0. The molecule has 2 unspecified atom stereocenters. The van der Waals surface area contributed by atoms with E-state index in [1.54, 1.807) is 18.5 Å². The molecule has 0 spiro atoms. The summed E-state index contributed by atoms with van der Waals surface area (Å²) < 4.78 is 7.44. The zero-order valence-corrected chi connectivity index (χ0v) is 16.5. The number of amides is 1. The number of nitrogens with zero attached hydrogens (tertiary/aromatic N) is 2.